The number of aryl methyl sites for hydroxylation is 1. The lowest BCUT2D eigenvalue weighted by atomic mass is 10.0. The van der Waals surface area contributed by atoms with Gasteiger partial charge in [0.15, 0.2) is 0 Å². The first kappa shape index (κ1) is 16.7. The van der Waals surface area contributed by atoms with Crippen molar-refractivity contribution in [2.75, 3.05) is 0 Å². The summed E-state index contributed by atoms with van der Waals surface area (Å²) in [6, 6.07) is 13.9. The Labute approximate surface area is 145 Å². The van der Waals surface area contributed by atoms with E-state index in [0.717, 1.165) is 11.1 Å². The van der Waals surface area contributed by atoms with Crippen LogP contribution in [0.5, 0.6) is 0 Å². The molecule has 0 fully saturated rings. The van der Waals surface area contributed by atoms with Gasteiger partial charge >= 0.3 is 0 Å². The second-order valence-electron chi connectivity index (χ2n) is 5.30. The lowest BCUT2D eigenvalue weighted by Crippen LogP contribution is -2.13. The third-order valence-electron chi connectivity index (χ3n) is 3.69. The molecular formula is C17H16ClN3O2S. The molecule has 0 spiro atoms. The predicted molar refractivity (Wildman–Crippen MR) is 95.2 cm³/mol. The van der Waals surface area contributed by atoms with Crippen molar-refractivity contribution in [1.82, 2.24) is 9.78 Å². The maximum absolute atomic E-state index is 11.9. The number of sulfonamides is 1. The lowest BCUT2D eigenvalue weighted by Gasteiger charge is -2.08. The first-order valence-corrected chi connectivity index (χ1v) is 9.28. The summed E-state index contributed by atoms with van der Waals surface area (Å²) in [5.74, 6) is 0. The number of aromatic nitrogens is 2. The van der Waals surface area contributed by atoms with Gasteiger partial charge in [-0.3, -0.25) is 4.68 Å². The summed E-state index contributed by atoms with van der Waals surface area (Å²) in [6.45, 7) is 2.63. The van der Waals surface area contributed by atoms with E-state index >= 15 is 0 Å². The summed E-state index contributed by atoms with van der Waals surface area (Å²) < 4.78 is 25.6. The Bertz CT molecular complexity index is 979. The predicted octanol–water partition coefficient (Wildman–Crippen LogP) is 3.54. The molecule has 3 aromatic rings. The normalized spacial score (nSPS) is 11.6. The topological polar surface area (TPSA) is 78.0 Å². The van der Waals surface area contributed by atoms with Gasteiger partial charge in [-0.15, -0.1) is 0 Å². The Balaban J connectivity index is 2.26. The Kier molecular flexibility index (Phi) is 4.45. The highest BCUT2D eigenvalue weighted by molar-refractivity contribution is 7.89. The minimum Gasteiger partial charge on any atom is -0.272 e. The van der Waals surface area contributed by atoms with E-state index in [1.54, 1.807) is 35.0 Å². The second kappa shape index (κ2) is 6.39. The second-order valence-corrected chi connectivity index (χ2v) is 7.26. The Hall–Kier alpha value is -2.15. The molecule has 0 unspecified atom stereocenters. The molecule has 0 amide bonds. The van der Waals surface area contributed by atoms with Gasteiger partial charge in [0.2, 0.25) is 10.0 Å². The molecular weight excluding hydrogens is 346 g/mol. The molecule has 24 heavy (non-hydrogen) atoms. The number of hydrogen-bond acceptors (Lipinski definition) is 3. The minimum absolute atomic E-state index is 0.0570. The molecule has 0 saturated carbocycles. The molecule has 124 valence electrons. The number of nitrogens with two attached hydrogens (primary N) is 1. The van der Waals surface area contributed by atoms with E-state index in [-0.39, 0.29) is 4.90 Å². The fourth-order valence-corrected chi connectivity index (χ4v) is 3.40. The zero-order valence-electron chi connectivity index (χ0n) is 13.0. The Morgan fingerprint density at radius 1 is 1.08 bits per heavy atom. The van der Waals surface area contributed by atoms with Crippen molar-refractivity contribution in [2.45, 2.75) is 18.4 Å². The first-order chi connectivity index (χ1) is 11.4. The molecule has 0 atom stereocenters. The monoisotopic (exact) mass is 361 g/mol. The van der Waals surface area contributed by atoms with Crippen molar-refractivity contribution in [3.63, 3.8) is 0 Å². The quantitative estimate of drug-likeness (QED) is 0.772. The minimum atomic E-state index is -3.86. The van der Waals surface area contributed by atoms with Crippen LogP contribution in [0.4, 0.5) is 0 Å². The fraction of sp³-hybridized carbons (Fsp3) is 0.118. The van der Waals surface area contributed by atoms with Gasteiger partial charge in [0.1, 0.15) is 5.69 Å². The summed E-state index contributed by atoms with van der Waals surface area (Å²) in [7, 11) is -3.86. The molecule has 0 aliphatic carbocycles. The van der Waals surface area contributed by atoms with Crippen LogP contribution in [0.3, 0.4) is 0 Å². The van der Waals surface area contributed by atoms with E-state index in [2.05, 4.69) is 5.10 Å². The van der Waals surface area contributed by atoms with Crippen LogP contribution in [0.15, 0.2) is 59.6 Å². The molecule has 7 heteroatoms. The highest BCUT2D eigenvalue weighted by Gasteiger charge is 2.20. The molecule has 0 bridgehead atoms. The summed E-state index contributed by atoms with van der Waals surface area (Å²) in [4.78, 5) is 0.0570. The lowest BCUT2D eigenvalue weighted by molar-refractivity contribution is 0.598. The molecule has 0 radical (unpaired) electrons. The molecule has 0 aliphatic rings. The van der Waals surface area contributed by atoms with Gasteiger partial charge in [0.25, 0.3) is 0 Å². The van der Waals surface area contributed by atoms with Crippen LogP contribution in [-0.4, -0.2) is 18.2 Å². The van der Waals surface area contributed by atoms with Crippen LogP contribution < -0.4 is 5.14 Å². The average molecular weight is 362 g/mol. The number of rotatable bonds is 4. The molecule has 3 rings (SSSR count). The van der Waals surface area contributed by atoms with E-state index in [1.807, 2.05) is 25.3 Å². The molecule has 0 aliphatic heterocycles. The number of primary sulfonamides is 1. The molecule has 5 nitrogen and oxygen atoms in total. The number of benzene rings is 2. The standard InChI is InChI=1S/C17H16ClN3O2S/c1-2-21-11-15(12-7-9-13(18)10-8-12)17(20-21)14-5-3-4-6-16(14)24(19,22)23/h3-11H,2H2,1H3,(H2,19,22,23). The van der Waals surface area contributed by atoms with Crippen LogP contribution in [-0.2, 0) is 16.6 Å². The van der Waals surface area contributed by atoms with Gasteiger partial charge in [0, 0.05) is 28.9 Å². The van der Waals surface area contributed by atoms with E-state index in [0.29, 0.717) is 22.8 Å². The Morgan fingerprint density at radius 2 is 1.75 bits per heavy atom. The summed E-state index contributed by atoms with van der Waals surface area (Å²) >= 11 is 5.96. The van der Waals surface area contributed by atoms with E-state index in [4.69, 9.17) is 16.7 Å². The average Bonchev–Trinajstić information content (AvgIpc) is 2.99. The SMILES string of the molecule is CCn1cc(-c2ccc(Cl)cc2)c(-c2ccccc2S(N)(=O)=O)n1. The van der Waals surface area contributed by atoms with Crippen LogP contribution in [0.2, 0.25) is 5.02 Å². The van der Waals surface area contributed by atoms with Gasteiger partial charge in [-0.05, 0) is 30.7 Å². The highest BCUT2D eigenvalue weighted by atomic mass is 35.5. The van der Waals surface area contributed by atoms with Crippen molar-refractivity contribution < 1.29 is 8.42 Å². The maximum Gasteiger partial charge on any atom is 0.238 e. The third kappa shape index (κ3) is 3.21. The van der Waals surface area contributed by atoms with Crippen LogP contribution >= 0.6 is 11.6 Å². The van der Waals surface area contributed by atoms with Crippen LogP contribution in [0.1, 0.15) is 6.92 Å². The van der Waals surface area contributed by atoms with Crippen molar-refractivity contribution >= 4 is 21.6 Å². The highest BCUT2D eigenvalue weighted by Crippen LogP contribution is 2.34. The van der Waals surface area contributed by atoms with Gasteiger partial charge in [-0.2, -0.15) is 5.10 Å². The van der Waals surface area contributed by atoms with E-state index in [9.17, 15) is 8.42 Å². The molecule has 0 saturated heterocycles. The van der Waals surface area contributed by atoms with E-state index < -0.39 is 10.0 Å². The molecule has 1 heterocycles. The van der Waals surface area contributed by atoms with Crippen LogP contribution in [0.25, 0.3) is 22.4 Å². The fourth-order valence-electron chi connectivity index (χ4n) is 2.53. The first-order valence-electron chi connectivity index (χ1n) is 7.35. The zero-order valence-corrected chi connectivity index (χ0v) is 14.6. The largest absolute Gasteiger partial charge is 0.272 e. The molecule has 2 aromatic carbocycles. The summed E-state index contributed by atoms with van der Waals surface area (Å²) in [5, 5.41) is 10.5. The summed E-state index contributed by atoms with van der Waals surface area (Å²) in [6.07, 6.45) is 1.89. The molecule has 2 N–H and O–H groups in total. The number of hydrogen-bond donors (Lipinski definition) is 1. The van der Waals surface area contributed by atoms with Gasteiger partial charge < -0.3 is 0 Å². The van der Waals surface area contributed by atoms with Crippen molar-refractivity contribution in [3.05, 3.63) is 59.8 Å². The number of halogens is 1. The van der Waals surface area contributed by atoms with E-state index in [1.165, 1.54) is 6.07 Å². The van der Waals surface area contributed by atoms with Gasteiger partial charge in [-0.1, -0.05) is 41.9 Å². The van der Waals surface area contributed by atoms with Crippen molar-refractivity contribution in [1.29, 1.82) is 0 Å². The molecule has 1 aromatic heterocycles. The number of nitrogens with zero attached hydrogens (tertiary/aromatic N) is 2. The van der Waals surface area contributed by atoms with Gasteiger partial charge in [-0.25, -0.2) is 13.6 Å². The zero-order chi connectivity index (χ0) is 17.3. The maximum atomic E-state index is 11.9. The van der Waals surface area contributed by atoms with Crippen molar-refractivity contribution in [2.24, 2.45) is 5.14 Å². The summed E-state index contributed by atoms with van der Waals surface area (Å²) in [5.41, 5.74) is 2.78. The van der Waals surface area contributed by atoms with Crippen LogP contribution in [0, 0.1) is 0 Å². The Morgan fingerprint density at radius 3 is 2.38 bits per heavy atom. The third-order valence-corrected chi connectivity index (χ3v) is 4.91. The van der Waals surface area contributed by atoms with Gasteiger partial charge in [0.05, 0.1) is 4.90 Å². The van der Waals surface area contributed by atoms with Crippen molar-refractivity contribution in [3.8, 4) is 22.4 Å². The smallest absolute Gasteiger partial charge is 0.238 e.